The molecule has 1 heterocycles. The first-order valence-corrected chi connectivity index (χ1v) is 9.56. The largest absolute Gasteiger partial charge is 0.444 e. The Morgan fingerprint density at radius 3 is 2.52 bits per heavy atom. The van der Waals surface area contributed by atoms with Crippen LogP contribution in [0.5, 0.6) is 0 Å². The van der Waals surface area contributed by atoms with E-state index in [4.69, 9.17) is 4.42 Å². The first kappa shape index (κ1) is 16.2. The summed E-state index contributed by atoms with van der Waals surface area (Å²) in [6, 6.07) is 5.48. The van der Waals surface area contributed by atoms with Crippen molar-refractivity contribution >= 4 is 9.84 Å². The molecule has 1 atom stereocenters. The van der Waals surface area contributed by atoms with Crippen molar-refractivity contribution in [1.82, 2.24) is 4.98 Å². The summed E-state index contributed by atoms with van der Waals surface area (Å²) < 4.78 is 31.5. The minimum atomic E-state index is -3.50. The highest BCUT2D eigenvalue weighted by molar-refractivity contribution is 7.91. The lowest BCUT2D eigenvalue weighted by molar-refractivity contribution is 0.380. The highest BCUT2D eigenvalue weighted by Crippen LogP contribution is 2.33. The van der Waals surface area contributed by atoms with Crippen molar-refractivity contribution in [1.29, 1.82) is 0 Å². The molecule has 0 bridgehead atoms. The molecule has 23 heavy (non-hydrogen) atoms. The van der Waals surface area contributed by atoms with Crippen molar-refractivity contribution in [3.05, 3.63) is 47.2 Å². The zero-order valence-electron chi connectivity index (χ0n) is 14.1. The van der Waals surface area contributed by atoms with Crippen LogP contribution in [-0.2, 0) is 28.1 Å². The summed E-state index contributed by atoms with van der Waals surface area (Å²) in [7, 11) is -3.50. The molecule has 1 unspecified atom stereocenters. The maximum atomic E-state index is 12.9. The molecule has 0 aliphatic heterocycles. The van der Waals surface area contributed by atoms with E-state index in [0.29, 0.717) is 10.7 Å². The molecular weight excluding hydrogens is 310 g/mol. The minimum absolute atomic E-state index is 0.192. The van der Waals surface area contributed by atoms with Gasteiger partial charge in [0, 0.05) is 5.41 Å². The lowest BCUT2D eigenvalue weighted by Crippen LogP contribution is -2.12. The maximum Gasteiger partial charge on any atom is 0.212 e. The summed E-state index contributed by atoms with van der Waals surface area (Å²) in [5.41, 5.74) is 2.23. The van der Waals surface area contributed by atoms with Gasteiger partial charge < -0.3 is 4.42 Å². The van der Waals surface area contributed by atoms with Crippen LogP contribution in [-0.4, -0.2) is 13.4 Å². The van der Waals surface area contributed by atoms with E-state index >= 15 is 0 Å². The van der Waals surface area contributed by atoms with Crippen molar-refractivity contribution in [2.75, 3.05) is 0 Å². The second kappa shape index (κ2) is 5.48. The lowest BCUT2D eigenvalue weighted by Gasteiger charge is -2.14. The molecular formula is C18H23NO3S. The van der Waals surface area contributed by atoms with E-state index in [9.17, 15) is 8.42 Å². The quantitative estimate of drug-likeness (QED) is 0.852. The molecule has 1 aliphatic carbocycles. The summed E-state index contributed by atoms with van der Waals surface area (Å²) in [6.45, 7) is 7.67. The van der Waals surface area contributed by atoms with Crippen molar-refractivity contribution in [2.24, 2.45) is 0 Å². The van der Waals surface area contributed by atoms with Gasteiger partial charge in [-0.05, 0) is 49.4 Å². The molecule has 1 aromatic heterocycles. The van der Waals surface area contributed by atoms with Gasteiger partial charge in [-0.15, -0.1) is 0 Å². The number of nitrogens with zero attached hydrogens (tertiary/aromatic N) is 1. The third-order valence-electron chi connectivity index (χ3n) is 4.47. The smallest absolute Gasteiger partial charge is 0.212 e. The van der Waals surface area contributed by atoms with Crippen LogP contribution in [0.2, 0.25) is 0 Å². The number of oxazole rings is 1. The molecule has 4 nitrogen and oxygen atoms in total. The number of hydrogen-bond acceptors (Lipinski definition) is 4. The molecule has 3 rings (SSSR count). The Labute approximate surface area is 137 Å². The average Bonchev–Trinajstić information content (AvgIpc) is 3.13. The monoisotopic (exact) mass is 333 g/mol. The van der Waals surface area contributed by atoms with E-state index in [0.717, 1.165) is 24.8 Å². The summed E-state index contributed by atoms with van der Waals surface area (Å²) in [6.07, 6.45) is 4.73. The van der Waals surface area contributed by atoms with Gasteiger partial charge in [0.25, 0.3) is 0 Å². The average molecular weight is 333 g/mol. The van der Waals surface area contributed by atoms with E-state index in [1.807, 2.05) is 32.9 Å². The molecule has 5 heteroatoms. The van der Waals surface area contributed by atoms with Crippen molar-refractivity contribution in [2.45, 2.75) is 62.5 Å². The third-order valence-corrected chi connectivity index (χ3v) is 6.52. The van der Waals surface area contributed by atoms with Gasteiger partial charge in [0.15, 0.2) is 9.84 Å². The Morgan fingerprint density at radius 2 is 1.87 bits per heavy atom. The summed E-state index contributed by atoms with van der Waals surface area (Å²) >= 11 is 0. The molecule has 0 saturated heterocycles. The predicted molar refractivity (Wildman–Crippen MR) is 89.3 cm³/mol. The van der Waals surface area contributed by atoms with E-state index in [2.05, 4.69) is 4.98 Å². The summed E-state index contributed by atoms with van der Waals surface area (Å²) in [5.74, 6) is 0.957. The molecule has 0 radical (unpaired) electrons. The van der Waals surface area contributed by atoms with Crippen molar-refractivity contribution in [3.8, 4) is 0 Å². The van der Waals surface area contributed by atoms with E-state index in [1.54, 1.807) is 19.2 Å². The normalized spacial score (nSPS) is 16.3. The third kappa shape index (κ3) is 2.94. The van der Waals surface area contributed by atoms with Gasteiger partial charge in [-0.1, -0.05) is 26.8 Å². The first-order valence-electron chi connectivity index (χ1n) is 8.01. The standard InChI is InChI=1S/C18H23NO3S/c1-12(17-19-11-16(22-17)18(2,3)4)23(20,21)15-9-8-13-6-5-7-14(13)10-15/h8-12H,5-7H2,1-4H3. The molecule has 0 fully saturated rings. The number of rotatable bonds is 3. The number of aryl methyl sites for hydroxylation is 2. The van der Waals surface area contributed by atoms with Crippen LogP contribution in [0.4, 0.5) is 0 Å². The Kier molecular flexibility index (Phi) is 3.87. The van der Waals surface area contributed by atoms with Gasteiger partial charge in [0.1, 0.15) is 11.0 Å². The molecule has 0 spiro atoms. The van der Waals surface area contributed by atoms with E-state index < -0.39 is 15.1 Å². The van der Waals surface area contributed by atoms with Gasteiger partial charge in [-0.3, -0.25) is 0 Å². The highest BCUT2D eigenvalue weighted by atomic mass is 32.2. The Balaban J connectivity index is 1.94. The van der Waals surface area contributed by atoms with Gasteiger partial charge in [0.2, 0.25) is 5.89 Å². The maximum absolute atomic E-state index is 12.9. The van der Waals surface area contributed by atoms with Gasteiger partial charge in [-0.2, -0.15) is 0 Å². The Bertz CT molecular complexity index is 828. The van der Waals surface area contributed by atoms with E-state index in [-0.39, 0.29) is 11.3 Å². The van der Waals surface area contributed by atoms with Gasteiger partial charge in [-0.25, -0.2) is 13.4 Å². The first-order chi connectivity index (χ1) is 10.7. The summed E-state index contributed by atoms with van der Waals surface area (Å²) in [4.78, 5) is 4.56. The van der Waals surface area contributed by atoms with Crippen LogP contribution in [0.25, 0.3) is 0 Å². The van der Waals surface area contributed by atoms with Crippen LogP contribution < -0.4 is 0 Å². The molecule has 124 valence electrons. The predicted octanol–water partition coefficient (Wildman–Crippen LogP) is 4.00. The number of benzene rings is 1. The number of aromatic nitrogens is 1. The minimum Gasteiger partial charge on any atom is -0.444 e. The fourth-order valence-electron chi connectivity index (χ4n) is 2.88. The van der Waals surface area contributed by atoms with Crippen LogP contribution in [0, 0.1) is 0 Å². The lowest BCUT2D eigenvalue weighted by atomic mass is 9.94. The van der Waals surface area contributed by atoms with Crippen molar-refractivity contribution < 1.29 is 12.8 Å². The Morgan fingerprint density at radius 1 is 1.17 bits per heavy atom. The molecule has 0 N–H and O–H groups in total. The zero-order chi connectivity index (χ0) is 16.8. The van der Waals surface area contributed by atoms with Crippen LogP contribution in [0.15, 0.2) is 33.7 Å². The van der Waals surface area contributed by atoms with Crippen LogP contribution in [0.3, 0.4) is 0 Å². The van der Waals surface area contributed by atoms with E-state index in [1.165, 1.54) is 5.56 Å². The second-order valence-corrected chi connectivity index (χ2v) is 9.55. The molecule has 2 aromatic rings. The molecule has 0 amide bonds. The fourth-order valence-corrected chi connectivity index (χ4v) is 4.23. The Hall–Kier alpha value is -1.62. The van der Waals surface area contributed by atoms with Crippen LogP contribution >= 0.6 is 0 Å². The van der Waals surface area contributed by atoms with Gasteiger partial charge >= 0.3 is 0 Å². The fraction of sp³-hybridized carbons (Fsp3) is 0.500. The molecule has 1 aliphatic rings. The topological polar surface area (TPSA) is 60.2 Å². The highest BCUT2D eigenvalue weighted by Gasteiger charge is 2.31. The molecule has 0 saturated carbocycles. The number of sulfone groups is 1. The molecule has 1 aromatic carbocycles. The SMILES string of the molecule is CC(c1ncc(C(C)(C)C)o1)S(=O)(=O)c1ccc2c(c1)CCC2. The number of fused-ring (bicyclic) bond motifs is 1. The zero-order valence-corrected chi connectivity index (χ0v) is 14.9. The van der Waals surface area contributed by atoms with Gasteiger partial charge in [0.05, 0.1) is 11.1 Å². The summed E-state index contributed by atoms with van der Waals surface area (Å²) in [5, 5.41) is -0.793. The van der Waals surface area contributed by atoms with Crippen molar-refractivity contribution in [3.63, 3.8) is 0 Å². The number of hydrogen-bond donors (Lipinski definition) is 0. The van der Waals surface area contributed by atoms with Crippen LogP contribution in [0.1, 0.15) is 62.1 Å². The second-order valence-electron chi connectivity index (χ2n) is 7.28.